The molecule has 0 radical (unpaired) electrons. The zero-order valence-electron chi connectivity index (χ0n) is 8.36. The molecule has 0 unspecified atom stereocenters. The minimum absolute atomic E-state index is 0.00657. The molecule has 1 fully saturated rings. The molecule has 1 amide bonds. The van der Waals surface area contributed by atoms with Gasteiger partial charge in [0.25, 0.3) is 0 Å². The maximum atomic E-state index is 11.5. The Hall–Kier alpha value is -1.55. The lowest BCUT2D eigenvalue weighted by Gasteiger charge is -2.26. The number of carbonyl (C=O) groups excluding carboxylic acids is 1. The number of nitrogens with one attached hydrogen (secondary N) is 2. The standard InChI is InChI=1S/C11H14N2O2/c14-10-3-1-2-9(5-10)13-11(15)4-8-6-12-7-8/h1-3,5,8,12,14H,4,6-7H2,(H,13,15). The molecular weight excluding hydrogens is 192 g/mol. The number of phenolic OH excluding ortho intramolecular Hbond substituents is 1. The van der Waals surface area contributed by atoms with Gasteiger partial charge in [0.05, 0.1) is 0 Å². The molecule has 0 aromatic heterocycles. The molecule has 0 aliphatic carbocycles. The Labute approximate surface area is 88.3 Å². The number of hydrogen-bond donors (Lipinski definition) is 3. The topological polar surface area (TPSA) is 61.4 Å². The lowest BCUT2D eigenvalue weighted by atomic mass is 9.99. The summed E-state index contributed by atoms with van der Waals surface area (Å²) in [7, 11) is 0. The van der Waals surface area contributed by atoms with Crippen LogP contribution in [0.5, 0.6) is 5.75 Å². The molecule has 3 N–H and O–H groups in total. The minimum atomic E-state index is 0.00657. The van der Waals surface area contributed by atoms with E-state index in [0.717, 1.165) is 13.1 Å². The summed E-state index contributed by atoms with van der Waals surface area (Å²) in [5.74, 6) is 0.632. The summed E-state index contributed by atoms with van der Waals surface area (Å²) in [5.41, 5.74) is 0.646. The van der Waals surface area contributed by atoms with Crippen molar-refractivity contribution in [1.82, 2.24) is 5.32 Å². The zero-order valence-corrected chi connectivity index (χ0v) is 8.36. The van der Waals surface area contributed by atoms with Crippen LogP contribution in [-0.4, -0.2) is 24.1 Å². The van der Waals surface area contributed by atoms with Crippen molar-refractivity contribution in [1.29, 1.82) is 0 Å². The second kappa shape index (κ2) is 4.31. The van der Waals surface area contributed by atoms with Gasteiger partial charge in [-0.2, -0.15) is 0 Å². The van der Waals surface area contributed by atoms with Gasteiger partial charge < -0.3 is 15.7 Å². The number of benzene rings is 1. The van der Waals surface area contributed by atoms with Crippen LogP contribution in [0.3, 0.4) is 0 Å². The summed E-state index contributed by atoms with van der Waals surface area (Å²) in [6.45, 7) is 1.85. The van der Waals surface area contributed by atoms with E-state index in [0.29, 0.717) is 18.0 Å². The first kappa shape index (κ1) is 9.98. The summed E-state index contributed by atoms with van der Waals surface area (Å²) in [6.07, 6.45) is 0.544. The minimum Gasteiger partial charge on any atom is -0.508 e. The molecule has 0 spiro atoms. The highest BCUT2D eigenvalue weighted by Crippen LogP contribution is 2.16. The van der Waals surface area contributed by atoms with Gasteiger partial charge in [-0.25, -0.2) is 0 Å². The van der Waals surface area contributed by atoms with E-state index >= 15 is 0 Å². The number of carbonyl (C=O) groups is 1. The highest BCUT2D eigenvalue weighted by atomic mass is 16.3. The van der Waals surface area contributed by atoms with E-state index in [4.69, 9.17) is 0 Å². The van der Waals surface area contributed by atoms with Crippen molar-refractivity contribution >= 4 is 11.6 Å². The van der Waals surface area contributed by atoms with Crippen molar-refractivity contribution in [2.75, 3.05) is 18.4 Å². The first-order chi connectivity index (χ1) is 7.24. The van der Waals surface area contributed by atoms with Crippen molar-refractivity contribution in [2.24, 2.45) is 5.92 Å². The molecule has 1 heterocycles. The van der Waals surface area contributed by atoms with Gasteiger partial charge in [-0.05, 0) is 31.1 Å². The highest BCUT2D eigenvalue weighted by molar-refractivity contribution is 5.91. The van der Waals surface area contributed by atoms with Crippen LogP contribution >= 0.6 is 0 Å². The molecule has 1 aliphatic heterocycles. The Balaban J connectivity index is 1.87. The van der Waals surface area contributed by atoms with Crippen LogP contribution in [-0.2, 0) is 4.79 Å². The van der Waals surface area contributed by atoms with Crippen molar-refractivity contribution in [3.05, 3.63) is 24.3 Å². The molecule has 0 bridgehead atoms. The second-order valence-electron chi connectivity index (χ2n) is 3.83. The molecule has 1 saturated heterocycles. The van der Waals surface area contributed by atoms with Crippen LogP contribution in [0.15, 0.2) is 24.3 Å². The molecule has 1 aromatic rings. The van der Waals surface area contributed by atoms with Crippen molar-refractivity contribution in [3.8, 4) is 5.75 Å². The fourth-order valence-electron chi connectivity index (χ4n) is 1.55. The van der Waals surface area contributed by atoms with E-state index < -0.39 is 0 Å². The van der Waals surface area contributed by atoms with Crippen LogP contribution in [0, 0.1) is 5.92 Å². The molecule has 0 saturated carbocycles. The van der Waals surface area contributed by atoms with Gasteiger partial charge in [0.1, 0.15) is 5.75 Å². The van der Waals surface area contributed by atoms with Crippen LogP contribution in [0.25, 0.3) is 0 Å². The van der Waals surface area contributed by atoms with Crippen LogP contribution in [0.4, 0.5) is 5.69 Å². The molecule has 2 rings (SSSR count). The Morgan fingerprint density at radius 1 is 1.53 bits per heavy atom. The first-order valence-corrected chi connectivity index (χ1v) is 5.03. The number of phenols is 1. The fraction of sp³-hybridized carbons (Fsp3) is 0.364. The predicted molar refractivity (Wildman–Crippen MR) is 57.7 cm³/mol. The molecule has 4 nitrogen and oxygen atoms in total. The second-order valence-corrected chi connectivity index (χ2v) is 3.83. The maximum Gasteiger partial charge on any atom is 0.224 e. The average molecular weight is 206 g/mol. The van der Waals surface area contributed by atoms with Gasteiger partial charge in [0.15, 0.2) is 0 Å². The summed E-state index contributed by atoms with van der Waals surface area (Å²) in [4.78, 5) is 11.5. The largest absolute Gasteiger partial charge is 0.508 e. The average Bonchev–Trinajstić information content (AvgIpc) is 2.11. The monoisotopic (exact) mass is 206 g/mol. The third-order valence-electron chi connectivity index (χ3n) is 2.47. The highest BCUT2D eigenvalue weighted by Gasteiger charge is 2.19. The first-order valence-electron chi connectivity index (χ1n) is 5.03. The van der Waals surface area contributed by atoms with Crippen molar-refractivity contribution in [2.45, 2.75) is 6.42 Å². The number of amides is 1. The van der Waals surface area contributed by atoms with Gasteiger partial charge in [0, 0.05) is 18.2 Å². The Morgan fingerprint density at radius 3 is 2.93 bits per heavy atom. The molecular formula is C11H14N2O2. The zero-order chi connectivity index (χ0) is 10.7. The molecule has 15 heavy (non-hydrogen) atoms. The van der Waals surface area contributed by atoms with Gasteiger partial charge in [-0.1, -0.05) is 6.07 Å². The molecule has 4 heteroatoms. The maximum absolute atomic E-state index is 11.5. The van der Waals surface area contributed by atoms with Gasteiger partial charge in [0.2, 0.25) is 5.91 Å². The normalized spacial score (nSPS) is 15.7. The number of anilines is 1. The lowest BCUT2D eigenvalue weighted by Crippen LogP contribution is -2.43. The number of hydrogen-bond acceptors (Lipinski definition) is 3. The predicted octanol–water partition coefficient (Wildman–Crippen LogP) is 0.940. The molecule has 80 valence electrons. The molecule has 0 atom stereocenters. The van der Waals surface area contributed by atoms with E-state index in [1.807, 2.05) is 0 Å². The fourth-order valence-corrected chi connectivity index (χ4v) is 1.55. The van der Waals surface area contributed by atoms with E-state index in [1.54, 1.807) is 18.2 Å². The van der Waals surface area contributed by atoms with Gasteiger partial charge in [-0.15, -0.1) is 0 Å². The third-order valence-corrected chi connectivity index (χ3v) is 2.47. The quantitative estimate of drug-likeness (QED) is 0.689. The van der Waals surface area contributed by atoms with E-state index in [-0.39, 0.29) is 11.7 Å². The summed E-state index contributed by atoms with van der Waals surface area (Å²) >= 11 is 0. The third kappa shape index (κ3) is 2.70. The Kier molecular flexibility index (Phi) is 2.87. The molecule has 1 aliphatic rings. The van der Waals surface area contributed by atoms with Crippen molar-refractivity contribution < 1.29 is 9.90 Å². The Bertz CT molecular complexity index is 361. The number of aromatic hydroxyl groups is 1. The van der Waals surface area contributed by atoms with Crippen LogP contribution in [0.1, 0.15) is 6.42 Å². The smallest absolute Gasteiger partial charge is 0.224 e. The van der Waals surface area contributed by atoms with E-state index in [9.17, 15) is 9.90 Å². The van der Waals surface area contributed by atoms with Crippen molar-refractivity contribution in [3.63, 3.8) is 0 Å². The summed E-state index contributed by atoms with van der Waals surface area (Å²) in [6, 6.07) is 6.58. The Morgan fingerprint density at radius 2 is 2.33 bits per heavy atom. The molecule has 1 aromatic carbocycles. The van der Waals surface area contributed by atoms with E-state index in [1.165, 1.54) is 6.07 Å². The van der Waals surface area contributed by atoms with Crippen LogP contribution in [0.2, 0.25) is 0 Å². The van der Waals surface area contributed by atoms with Gasteiger partial charge in [-0.3, -0.25) is 4.79 Å². The van der Waals surface area contributed by atoms with E-state index in [2.05, 4.69) is 10.6 Å². The lowest BCUT2D eigenvalue weighted by molar-refractivity contribution is -0.117. The SMILES string of the molecule is O=C(CC1CNC1)Nc1cccc(O)c1. The number of rotatable bonds is 3. The summed E-state index contributed by atoms with van der Waals surface area (Å²) in [5, 5.41) is 15.1. The van der Waals surface area contributed by atoms with Gasteiger partial charge >= 0.3 is 0 Å². The summed E-state index contributed by atoms with van der Waals surface area (Å²) < 4.78 is 0. The van der Waals surface area contributed by atoms with Crippen LogP contribution < -0.4 is 10.6 Å².